The molecule has 0 aliphatic carbocycles. The topological polar surface area (TPSA) is 87.6 Å². The van der Waals surface area contributed by atoms with E-state index in [1.54, 1.807) is 12.1 Å². The summed E-state index contributed by atoms with van der Waals surface area (Å²) >= 11 is 5.92. The van der Waals surface area contributed by atoms with Crippen LogP contribution >= 0.6 is 22.5 Å². The number of sulfonamides is 1. The van der Waals surface area contributed by atoms with E-state index in [0.29, 0.717) is 16.3 Å². The monoisotopic (exact) mass is 493 g/mol. The van der Waals surface area contributed by atoms with Crippen LogP contribution in [0.4, 0.5) is 18.9 Å². The maximum absolute atomic E-state index is 12.5. The molecule has 2 aromatic rings. The van der Waals surface area contributed by atoms with E-state index in [9.17, 15) is 26.4 Å². The molecule has 0 radical (unpaired) electrons. The summed E-state index contributed by atoms with van der Waals surface area (Å²) in [4.78, 5) is 17.9. The summed E-state index contributed by atoms with van der Waals surface area (Å²) in [5.74, 6) is 0.337. The summed E-state index contributed by atoms with van der Waals surface area (Å²) in [5.41, 5.74) is -1.46. The second-order valence-corrected chi connectivity index (χ2v) is 10.8. The second kappa shape index (κ2) is 9.60. The van der Waals surface area contributed by atoms with Crippen molar-refractivity contribution in [3.05, 3.63) is 58.6 Å². The number of fused-ring (bicyclic) bond motifs is 1. The van der Waals surface area contributed by atoms with Crippen LogP contribution < -0.4 is 10.0 Å². The molecular formula is C19H19ClF3N3O3S2. The Morgan fingerprint density at radius 2 is 1.81 bits per heavy atom. The molecule has 0 saturated carbocycles. The number of para-hydroxylation sites is 1. The Labute approximate surface area is 185 Å². The molecule has 0 aromatic heterocycles. The molecule has 1 aliphatic rings. The van der Waals surface area contributed by atoms with E-state index >= 15 is 0 Å². The number of aliphatic imine (C=N–C) groups is 1. The van der Waals surface area contributed by atoms with Crippen LogP contribution in [0.5, 0.6) is 0 Å². The van der Waals surface area contributed by atoms with Crippen LogP contribution in [0.3, 0.4) is 0 Å². The van der Waals surface area contributed by atoms with E-state index in [1.165, 1.54) is 4.72 Å². The quantitative estimate of drug-likeness (QED) is 0.381. The molecule has 0 spiro atoms. The van der Waals surface area contributed by atoms with Crippen molar-refractivity contribution in [1.82, 2.24) is 10.0 Å². The number of amides is 1. The highest BCUT2D eigenvalue weighted by molar-refractivity contribution is 8.28. The van der Waals surface area contributed by atoms with Gasteiger partial charge in [-0.3, -0.25) is 4.79 Å². The number of carbonyl (C=O) groups excluding carboxylic acids is 1. The normalized spacial score (nSPS) is 16.8. The third-order valence-electron chi connectivity index (χ3n) is 4.40. The first-order chi connectivity index (χ1) is 14.6. The first kappa shape index (κ1) is 23.6. The summed E-state index contributed by atoms with van der Waals surface area (Å²) < 4.78 is 60.1. The van der Waals surface area contributed by atoms with Gasteiger partial charge in [0.25, 0.3) is 5.91 Å². The third kappa shape index (κ3) is 5.79. The van der Waals surface area contributed by atoms with Crippen LogP contribution in [0, 0.1) is 0 Å². The van der Waals surface area contributed by atoms with Gasteiger partial charge in [-0.25, -0.2) is 18.1 Å². The standard InChI is InChI=1S/C19H19ClF3N3O3S2/c20-14-7-5-13(6-8-14)11-30-12-25-17-15(3-1-4-16(17)30)18(27)24-9-2-10-26-31(28,29)19(21,22)23/h1,3-8,12,26,30H,2,9-11H2,(H,24,27). The average molecular weight is 494 g/mol. The van der Waals surface area contributed by atoms with Crippen LogP contribution in [0.25, 0.3) is 0 Å². The molecule has 12 heteroatoms. The fraction of sp³-hybridized carbons (Fsp3) is 0.263. The molecule has 0 saturated heterocycles. The van der Waals surface area contributed by atoms with Gasteiger partial charge in [-0.15, -0.1) is 0 Å². The number of nitrogens with one attached hydrogen (secondary N) is 2. The molecule has 3 rings (SSSR count). The fourth-order valence-electron chi connectivity index (χ4n) is 2.86. The predicted octanol–water partition coefficient (Wildman–Crippen LogP) is 4.13. The zero-order chi connectivity index (χ0) is 22.6. The summed E-state index contributed by atoms with van der Waals surface area (Å²) in [6.45, 7) is -0.439. The van der Waals surface area contributed by atoms with Crippen molar-refractivity contribution in [3.8, 4) is 0 Å². The minimum atomic E-state index is -5.38. The Morgan fingerprint density at radius 3 is 2.48 bits per heavy atom. The molecule has 1 unspecified atom stereocenters. The molecule has 1 atom stereocenters. The van der Waals surface area contributed by atoms with Gasteiger partial charge in [0.15, 0.2) is 0 Å². The van der Waals surface area contributed by atoms with Gasteiger partial charge < -0.3 is 5.32 Å². The number of hydrogen-bond acceptors (Lipinski definition) is 4. The molecule has 168 valence electrons. The number of nitrogens with zero attached hydrogens (tertiary/aromatic N) is 1. The first-order valence-corrected chi connectivity index (χ1v) is 12.6. The minimum absolute atomic E-state index is 0.00260. The lowest BCUT2D eigenvalue weighted by atomic mass is 10.1. The average Bonchev–Trinajstić information content (AvgIpc) is 3.11. The second-order valence-electron chi connectivity index (χ2n) is 6.63. The summed E-state index contributed by atoms with van der Waals surface area (Å²) in [7, 11) is -6.11. The lowest BCUT2D eigenvalue weighted by molar-refractivity contribution is -0.0447. The van der Waals surface area contributed by atoms with E-state index in [-0.39, 0.29) is 13.0 Å². The van der Waals surface area contributed by atoms with Crippen molar-refractivity contribution in [2.24, 2.45) is 4.99 Å². The molecule has 0 fully saturated rings. The number of carbonyl (C=O) groups is 1. The maximum atomic E-state index is 12.5. The Bertz CT molecular complexity index is 1090. The van der Waals surface area contributed by atoms with Gasteiger partial charge in [0.1, 0.15) is 0 Å². The van der Waals surface area contributed by atoms with Crippen molar-refractivity contribution < 1.29 is 26.4 Å². The van der Waals surface area contributed by atoms with Gasteiger partial charge >= 0.3 is 15.5 Å². The Balaban J connectivity index is 1.57. The number of rotatable bonds is 8. The highest BCUT2D eigenvalue weighted by atomic mass is 35.5. The number of halogens is 4. The summed E-state index contributed by atoms with van der Waals surface area (Å²) in [5, 5.41) is 3.24. The third-order valence-corrected chi connectivity index (χ3v) is 7.92. The number of benzene rings is 2. The SMILES string of the molecule is O=C(NCCCNS(=O)(=O)C(F)(F)F)c1cccc2c1N=C[SH]2Cc1ccc(Cl)cc1. The van der Waals surface area contributed by atoms with Crippen molar-refractivity contribution in [3.63, 3.8) is 0 Å². The summed E-state index contributed by atoms with van der Waals surface area (Å²) in [6, 6.07) is 12.8. The van der Waals surface area contributed by atoms with Gasteiger partial charge in [-0.2, -0.15) is 24.1 Å². The first-order valence-electron chi connectivity index (χ1n) is 9.11. The Morgan fingerprint density at radius 1 is 1.10 bits per heavy atom. The van der Waals surface area contributed by atoms with Crippen LogP contribution in [0.2, 0.25) is 5.02 Å². The highest BCUT2D eigenvalue weighted by Gasteiger charge is 2.45. The highest BCUT2D eigenvalue weighted by Crippen LogP contribution is 2.49. The van der Waals surface area contributed by atoms with Gasteiger partial charge in [-0.05, 0) is 36.2 Å². The molecule has 1 amide bonds. The number of hydrogen-bond donors (Lipinski definition) is 3. The smallest absolute Gasteiger partial charge is 0.352 e. The minimum Gasteiger partial charge on any atom is -0.352 e. The molecule has 2 aromatic carbocycles. The van der Waals surface area contributed by atoms with E-state index < -0.39 is 38.9 Å². The van der Waals surface area contributed by atoms with Crippen molar-refractivity contribution in [1.29, 1.82) is 0 Å². The van der Waals surface area contributed by atoms with E-state index in [2.05, 4.69) is 10.3 Å². The maximum Gasteiger partial charge on any atom is 0.511 e. The molecule has 6 nitrogen and oxygen atoms in total. The molecule has 1 heterocycles. The molecular weight excluding hydrogens is 475 g/mol. The molecule has 31 heavy (non-hydrogen) atoms. The van der Waals surface area contributed by atoms with Gasteiger partial charge in [0.2, 0.25) is 0 Å². The van der Waals surface area contributed by atoms with E-state index in [4.69, 9.17) is 11.6 Å². The van der Waals surface area contributed by atoms with Crippen LogP contribution in [-0.2, 0) is 15.8 Å². The zero-order valence-electron chi connectivity index (χ0n) is 16.0. The number of thiol groups is 1. The summed E-state index contributed by atoms with van der Waals surface area (Å²) in [6.07, 6.45) is 0.00260. The predicted molar refractivity (Wildman–Crippen MR) is 117 cm³/mol. The van der Waals surface area contributed by atoms with Gasteiger partial charge in [-0.1, -0.05) is 29.8 Å². The van der Waals surface area contributed by atoms with Crippen LogP contribution in [-0.4, -0.2) is 38.5 Å². The lowest BCUT2D eigenvalue weighted by Gasteiger charge is -2.15. The van der Waals surface area contributed by atoms with Crippen molar-refractivity contribution >= 4 is 49.7 Å². The lowest BCUT2D eigenvalue weighted by Crippen LogP contribution is -2.38. The Hall–Kier alpha value is -2.08. The number of alkyl halides is 3. The van der Waals surface area contributed by atoms with E-state index in [0.717, 1.165) is 16.2 Å². The largest absolute Gasteiger partial charge is 0.511 e. The molecule has 1 aliphatic heterocycles. The molecule has 2 N–H and O–H groups in total. The fourth-order valence-corrected chi connectivity index (χ4v) is 5.52. The van der Waals surface area contributed by atoms with Crippen LogP contribution in [0.1, 0.15) is 22.3 Å². The van der Waals surface area contributed by atoms with Crippen LogP contribution in [0.15, 0.2) is 52.4 Å². The van der Waals surface area contributed by atoms with Gasteiger partial charge in [0.05, 0.1) is 11.3 Å². The van der Waals surface area contributed by atoms with Crippen molar-refractivity contribution in [2.75, 3.05) is 13.1 Å². The van der Waals surface area contributed by atoms with Gasteiger partial charge in [0, 0.05) is 34.3 Å². The van der Waals surface area contributed by atoms with Crippen molar-refractivity contribution in [2.45, 2.75) is 22.6 Å². The van der Waals surface area contributed by atoms with E-state index in [1.807, 2.05) is 35.9 Å². The molecule has 0 bridgehead atoms. The zero-order valence-corrected chi connectivity index (χ0v) is 18.5. The Kier molecular flexibility index (Phi) is 7.30.